The van der Waals surface area contributed by atoms with Crippen molar-refractivity contribution in [1.82, 2.24) is 19.9 Å². The number of hydrogen-bond donors (Lipinski definition) is 1. The number of anilines is 1. The molecule has 1 N–H and O–H groups in total. The largest absolute Gasteiger partial charge is 0.298 e. The van der Waals surface area contributed by atoms with E-state index in [2.05, 4.69) is 25.2 Å². The van der Waals surface area contributed by atoms with E-state index in [9.17, 15) is 4.79 Å². The molecule has 6 nitrogen and oxygen atoms in total. The third-order valence-electron chi connectivity index (χ3n) is 3.34. The van der Waals surface area contributed by atoms with Gasteiger partial charge in [0.1, 0.15) is 0 Å². The fourth-order valence-corrected chi connectivity index (χ4v) is 2.85. The van der Waals surface area contributed by atoms with E-state index < -0.39 is 0 Å². The minimum atomic E-state index is -0.150. The van der Waals surface area contributed by atoms with Gasteiger partial charge < -0.3 is 0 Å². The summed E-state index contributed by atoms with van der Waals surface area (Å²) in [5.41, 5.74) is 2.60. The van der Waals surface area contributed by atoms with Crippen molar-refractivity contribution in [2.45, 2.75) is 13.1 Å². The zero-order chi connectivity index (χ0) is 16.8. The zero-order valence-corrected chi connectivity index (χ0v) is 14.0. The van der Waals surface area contributed by atoms with Crippen LogP contribution in [-0.2, 0) is 13.1 Å². The Morgan fingerprint density at radius 2 is 2.12 bits per heavy atom. The quantitative estimate of drug-likeness (QED) is 0.748. The highest BCUT2D eigenvalue weighted by atomic mass is 32.1. The SMILES string of the molecule is CN(Cc1cccc(C(=O)Nc2nccs2)c1)Cc1cnccn1. The van der Waals surface area contributed by atoms with Gasteiger partial charge in [0, 0.05) is 48.8 Å². The second kappa shape index (κ2) is 7.76. The maximum Gasteiger partial charge on any atom is 0.257 e. The molecule has 0 unspecified atom stereocenters. The third kappa shape index (κ3) is 4.43. The third-order valence-corrected chi connectivity index (χ3v) is 4.03. The van der Waals surface area contributed by atoms with Gasteiger partial charge in [-0.15, -0.1) is 11.3 Å². The Labute approximate surface area is 144 Å². The highest BCUT2D eigenvalue weighted by Gasteiger charge is 2.09. The molecule has 24 heavy (non-hydrogen) atoms. The first-order chi connectivity index (χ1) is 11.7. The maximum absolute atomic E-state index is 12.3. The lowest BCUT2D eigenvalue weighted by molar-refractivity contribution is 0.102. The van der Waals surface area contributed by atoms with Crippen molar-refractivity contribution in [3.8, 4) is 0 Å². The monoisotopic (exact) mass is 339 g/mol. The van der Waals surface area contributed by atoms with Crippen molar-refractivity contribution in [3.05, 3.63) is 71.3 Å². The highest BCUT2D eigenvalue weighted by Crippen LogP contribution is 2.14. The van der Waals surface area contributed by atoms with Crippen LogP contribution in [-0.4, -0.2) is 32.8 Å². The summed E-state index contributed by atoms with van der Waals surface area (Å²) in [7, 11) is 2.01. The van der Waals surface area contributed by atoms with Gasteiger partial charge >= 0.3 is 0 Å². The van der Waals surface area contributed by atoms with Gasteiger partial charge in [0.05, 0.1) is 5.69 Å². The van der Waals surface area contributed by atoms with Crippen molar-refractivity contribution in [1.29, 1.82) is 0 Å². The molecule has 0 fully saturated rings. The predicted molar refractivity (Wildman–Crippen MR) is 93.7 cm³/mol. The molecule has 0 saturated carbocycles. The first-order valence-corrected chi connectivity index (χ1v) is 8.32. The Balaban J connectivity index is 1.63. The first-order valence-electron chi connectivity index (χ1n) is 7.44. The number of thiazole rings is 1. The number of carbonyl (C=O) groups is 1. The van der Waals surface area contributed by atoms with E-state index in [-0.39, 0.29) is 5.91 Å². The van der Waals surface area contributed by atoms with Gasteiger partial charge in [0.2, 0.25) is 0 Å². The van der Waals surface area contributed by atoms with Gasteiger partial charge in [-0.25, -0.2) is 4.98 Å². The molecule has 0 atom stereocenters. The summed E-state index contributed by atoms with van der Waals surface area (Å²) in [4.78, 5) is 26.8. The second-order valence-corrected chi connectivity index (χ2v) is 6.26. The van der Waals surface area contributed by atoms with Crippen LogP contribution < -0.4 is 5.32 Å². The lowest BCUT2D eigenvalue weighted by atomic mass is 10.1. The fourth-order valence-electron chi connectivity index (χ4n) is 2.32. The molecule has 0 aliphatic heterocycles. The summed E-state index contributed by atoms with van der Waals surface area (Å²) >= 11 is 1.40. The molecule has 122 valence electrons. The number of nitrogens with zero attached hydrogens (tertiary/aromatic N) is 4. The summed E-state index contributed by atoms with van der Waals surface area (Å²) in [5.74, 6) is -0.150. The Morgan fingerprint density at radius 1 is 1.21 bits per heavy atom. The van der Waals surface area contributed by atoms with E-state index in [0.717, 1.165) is 17.8 Å². The minimum absolute atomic E-state index is 0.150. The number of aromatic nitrogens is 3. The number of benzene rings is 1. The normalized spacial score (nSPS) is 10.8. The fraction of sp³-hybridized carbons (Fsp3) is 0.176. The second-order valence-electron chi connectivity index (χ2n) is 5.36. The lowest BCUT2D eigenvalue weighted by Crippen LogP contribution is -2.18. The molecule has 0 radical (unpaired) electrons. The van der Waals surface area contributed by atoms with Crippen LogP contribution in [0.4, 0.5) is 5.13 Å². The van der Waals surface area contributed by atoms with Crippen LogP contribution in [0.25, 0.3) is 0 Å². The molecule has 3 rings (SSSR count). The summed E-state index contributed by atoms with van der Waals surface area (Å²) in [6.07, 6.45) is 6.77. The van der Waals surface area contributed by atoms with Crippen molar-refractivity contribution >= 4 is 22.4 Å². The van der Waals surface area contributed by atoms with Crippen molar-refractivity contribution in [2.75, 3.05) is 12.4 Å². The molecular weight excluding hydrogens is 322 g/mol. The van der Waals surface area contributed by atoms with E-state index in [1.54, 1.807) is 30.9 Å². The molecule has 1 aromatic carbocycles. The van der Waals surface area contributed by atoms with Crippen LogP contribution in [0.2, 0.25) is 0 Å². The van der Waals surface area contributed by atoms with Gasteiger partial charge in [-0.2, -0.15) is 0 Å². The Hall–Kier alpha value is -2.64. The van der Waals surface area contributed by atoms with Crippen LogP contribution in [0.3, 0.4) is 0 Å². The first kappa shape index (κ1) is 16.2. The average Bonchev–Trinajstić information content (AvgIpc) is 3.09. The summed E-state index contributed by atoms with van der Waals surface area (Å²) in [6.45, 7) is 1.42. The van der Waals surface area contributed by atoms with Gasteiger partial charge in [0.15, 0.2) is 5.13 Å². The van der Waals surface area contributed by atoms with Gasteiger partial charge in [-0.05, 0) is 24.7 Å². The minimum Gasteiger partial charge on any atom is -0.298 e. The van der Waals surface area contributed by atoms with Crippen molar-refractivity contribution in [3.63, 3.8) is 0 Å². The highest BCUT2D eigenvalue weighted by molar-refractivity contribution is 7.13. The maximum atomic E-state index is 12.3. The van der Waals surface area contributed by atoms with Crippen LogP contribution in [0.15, 0.2) is 54.4 Å². The van der Waals surface area contributed by atoms with Gasteiger partial charge in [-0.1, -0.05) is 12.1 Å². The number of rotatable bonds is 6. The molecule has 7 heteroatoms. The van der Waals surface area contributed by atoms with Gasteiger partial charge in [-0.3, -0.25) is 25.0 Å². The smallest absolute Gasteiger partial charge is 0.257 e. The number of carbonyl (C=O) groups excluding carboxylic acids is 1. The molecule has 0 bridgehead atoms. The molecular formula is C17H17N5OS. The Kier molecular flexibility index (Phi) is 5.25. The lowest BCUT2D eigenvalue weighted by Gasteiger charge is -2.16. The van der Waals surface area contributed by atoms with Crippen LogP contribution >= 0.6 is 11.3 Å². The molecule has 1 amide bonds. The van der Waals surface area contributed by atoms with Crippen LogP contribution in [0, 0.1) is 0 Å². The Morgan fingerprint density at radius 3 is 2.88 bits per heavy atom. The van der Waals surface area contributed by atoms with E-state index in [0.29, 0.717) is 17.2 Å². The molecule has 3 aromatic rings. The zero-order valence-electron chi connectivity index (χ0n) is 13.2. The standard InChI is InChI=1S/C17H17N5OS/c1-22(12-15-10-18-5-6-19-15)11-13-3-2-4-14(9-13)16(23)21-17-20-7-8-24-17/h2-10H,11-12H2,1H3,(H,20,21,23). The van der Waals surface area contributed by atoms with E-state index in [4.69, 9.17) is 0 Å². The number of amides is 1. The van der Waals surface area contributed by atoms with E-state index in [1.807, 2.05) is 30.6 Å². The molecule has 0 saturated heterocycles. The Bertz CT molecular complexity index is 792. The predicted octanol–water partition coefficient (Wildman–Crippen LogP) is 2.82. The average molecular weight is 339 g/mol. The summed E-state index contributed by atoms with van der Waals surface area (Å²) in [6, 6.07) is 7.60. The molecule has 0 aliphatic carbocycles. The molecule has 0 spiro atoms. The number of nitrogens with one attached hydrogen (secondary N) is 1. The molecule has 2 aromatic heterocycles. The van der Waals surface area contributed by atoms with Gasteiger partial charge in [0.25, 0.3) is 5.91 Å². The summed E-state index contributed by atoms with van der Waals surface area (Å²) < 4.78 is 0. The summed E-state index contributed by atoms with van der Waals surface area (Å²) in [5, 5.41) is 5.22. The van der Waals surface area contributed by atoms with Crippen molar-refractivity contribution < 1.29 is 4.79 Å². The van der Waals surface area contributed by atoms with E-state index >= 15 is 0 Å². The van der Waals surface area contributed by atoms with Crippen LogP contribution in [0.5, 0.6) is 0 Å². The van der Waals surface area contributed by atoms with E-state index in [1.165, 1.54) is 11.3 Å². The molecule has 0 aliphatic rings. The molecule has 2 heterocycles. The van der Waals surface area contributed by atoms with Crippen molar-refractivity contribution in [2.24, 2.45) is 0 Å². The van der Waals surface area contributed by atoms with Crippen LogP contribution in [0.1, 0.15) is 21.6 Å². The number of hydrogen-bond acceptors (Lipinski definition) is 6. The topological polar surface area (TPSA) is 71.0 Å².